The molecule has 0 unspecified atom stereocenters. The average molecular weight is 310 g/mol. The van der Waals surface area contributed by atoms with E-state index in [2.05, 4.69) is 5.32 Å². The van der Waals surface area contributed by atoms with Gasteiger partial charge in [-0.15, -0.1) is 0 Å². The number of hydrogen-bond donors (Lipinski definition) is 1. The van der Waals surface area contributed by atoms with Gasteiger partial charge in [0.15, 0.2) is 0 Å². The number of carbonyl (C=O) groups excluding carboxylic acids is 1. The molecule has 0 aliphatic carbocycles. The van der Waals surface area contributed by atoms with Crippen molar-refractivity contribution in [2.75, 3.05) is 20.3 Å². The fourth-order valence-corrected chi connectivity index (χ4v) is 2.71. The molecule has 0 bridgehead atoms. The summed E-state index contributed by atoms with van der Waals surface area (Å²) < 4.78 is 40.7. The zero-order valence-electron chi connectivity index (χ0n) is 10.4. The second kappa shape index (κ2) is 6.31. The Labute approximate surface area is 115 Å². The normalized spacial score (nSPS) is 11.4. The second-order valence-electron chi connectivity index (χ2n) is 3.76. The Bertz CT molecular complexity index is 589. The van der Waals surface area contributed by atoms with E-state index in [1.54, 1.807) is 0 Å². The summed E-state index contributed by atoms with van der Waals surface area (Å²) in [5, 5.41) is 2.48. The molecule has 8 heteroatoms. The third-order valence-electron chi connectivity index (χ3n) is 2.42. The number of ether oxygens (including phenoxy) is 1. The first kappa shape index (κ1) is 15.9. The molecule has 0 spiro atoms. The Kier molecular flexibility index (Phi) is 5.28. The summed E-state index contributed by atoms with van der Waals surface area (Å²) in [6.45, 7) is 1.91. The third kappa shape index (κ3) is 4.15. The second-order valence-corrected chi connectivity index (χ2v) is 6.30. The highest BCUT2D eigenvalue weighted by atomic mass is 35.7. The molecule has 5 nitrogen and oxygen atoms in total. The molecule has 19 heavy (non-hydrogen) atoms. The zero-order valence-corrected chi connectivity index (χ0v) is 11.9. The summed E-state index contributed by atoms with van der Waals surface area (Å²) in [6.07, 6.45) is 0. The van der Waals surface area contributed by atoms with Crippen LogP contribution < -0.4 is 5.32 Å². The standard InChI is InChI=1S/C11H13ClFNO4S/c1-7-9(11(15)14-3-4-18-2)5-8(13)6-10(7)19(12,16)17/h5-6H,3-4H2,1-2H3,(H,14,15). The Morgan fingerprint density at radius 1 is 1.47 bits per heavy atom. The molecule has 0 aromatic heterocycles. The van der Waals surface area contributed by atoms with Crippen LogP contribution in [0.2, 0.25) is 0 Å². The van der Waals surface area contributed by atoms with Gasteiger partial charge in [0, 0.05) is 29.9 Å². The van der Waals surface area contributed by atoms with Crippen molar-refractivity contribution in [1.82, 2.24) is 5.32 Å². The van der Waals surface area contributed by atoms with E-state index in [4.69, 9.17) is 15.4 Å². The topological polar surface area (TPSA) is 72.5 Å². The SMILES string of the molecule is COCCNC(=O)c1cc(F)cc(S(=O)(=O)Cl)c1C. The predicted octanol–water partition coefficient (Wildman–Crippen LogP) is 1.44. The van der Waals surface area contributed by atoms with Gasteiger partial charge in [0.2, 0.25) is 0 Å². The van der Waals surface area contributed by atoms with Crippen LogP contribution in [0.25, 0.3) is 0 Å². The van der Waals surface area contributed by atoms with Gasteiger partial charge in [0.1, 0.15) is 5.82 Å². The highest BCUT2D eigenvalue weighted by Crippen LogP contribution is 2.24. The largest absolute Gasteiger partial charge is 0.383 e. The van der Waals surface area contributed by atoms with E-state index in [0.29, 0.717) is 6.61 Å². The van der Waals surface area contributed by atoms with Gasteiger partial charge in [-0.25, -0.2) is 12.8 Å². The van der Waals surface area contributed by atoms with Gasteiger partial charge in [-0.05, 0) is 24.6 Å². The van der Waals surface area contributed by atoms with E-state index in [1.165, 1.54) is 14.0 Å². The lowest BCUT2D eigenvalue weighted by Gasteiger charge is -2.10. The minimum Gasteiger partial charge on any atom is -0.383 e. The molecule has 1 N–H and O–H groups in total. The van der Waals surface area contributed by atoms with Crippen molar-refractivity contribution in [2.24, 2.45) is 0 Å². The average Bonchev–Trinajstić information content (AvgIpc) is 2.30. The van der Waals surface area contributed by atoms with Crippen molar-refractivity contribution >= 4 is 25.6 Å². The fourth-order valence-electron chi connectivity index (χ4n) is 1.50. The Morgan fingerprint density at radius 3 is 2.63 bits per heavy atom. The van der Waals surface area contributed by atoms with Crippen LogP contribution in [0, 0.1) is 12.7 Å². The van der Waals surface area contributed by atoms with Crippen molar-refractivity contribution in [3.63, 3.8) is 0 Å². The van der Waals surface area contributed by atoms with E-state index in [0.717, 1.165) is 12.1 Å². The predicted molar refractivity (Wildman–Crippen MR) is 68.4 cm³/mol. The van der Waals surface area contributed by atoms with Crippen LogP contribution in [0.1, 0.15) is 15.9 Å². The van der Waals surface area contributed by atoms with Crippen LogP contribution in [0.3, 0.4) is 0 Å². The Balaban J connectivity index is 3.15. The van der Waals surface area contributed by atoms with Crippen LogP contribution >= 0.6 is 10.7 Å². The molecule has 0 fully saturated rings. The first-order chi connectivity index (χ1) is 8.77. The van der Waals surface area contributed by atoms with Gasteiger partial charge in [-0.3, -0.25) is 4.79 Å². The highest BCUT2D eigenvalue weighted by molar-refractivity contribution is 8.13. The quantitative estimate of drug-likeness (QED) is 0.660. The van der Waals surface area contributed by atoms with Crippen molar-refractivity contribution in [3.8, 4) is 0 Å². The van der Waals surface area contributed by atoms with Gasteiger partial charge in [-0.1, -0.05) is 0 Å². The van der Waals surface area contributed by atoms with E-state index < -0.39 is 25.7 Å². The molecule has 0 radical (unpaired) electrons. The van der Waals surface area contributed by atoms with Crippen LogP contribution in [-0.2, 0) is 13.8 Å². The van der Waals surface area contributed by atoms with Crippen molar-refractivity contribution in [1.29, 1.82) is 0 Å². The lowest BCUT2D eigenvalue weighted by Crippen LogP contribution is -2.28. The molecule has 0 heterocycles. The molecular formula is C11H13ClFNO4S. The van der Waals surface area contributed by atoms with Crippen LogP contribution in [0.5, 0.6) is 0 Å². The summed E-state index contributed by atoms with van der Waals surface area (Å²) in [5.41, 5.74) is 0.0293. The van der Waals surface area contributed by atoms with Crippen molar-refractivity contribution in [2.45, 2.75) is 11.8 Å². The molecule has 0 atom stereocenters. The summed E-state index contributed by atoms with van der Waals surface area (Å²) >= 11 is 0. The summed E-state index contributed by atoms with van der Waals surface area (Å²) in [7, 11) is 2.55. The number of halogens is 2. The maximum atomic E-state index is 13.4. The fraction of sp³-hybridized carbons (Fsp3) is 0.364. The minimum absolute atomic E-state index is 0.0738. The molecule has 1 aromatic rings. The van der Waals surface area contributed by atoms with E-state index in [-0.39, 0.29) is 17.7 Å². The number of hydrogen-bond acceptors (Lipinski definition) is 4. The molecule has 0 aliphatic rings. The Hall–Kier alpha value is -1.18. The van der Waals surface area contributed by atoms with E-state index in [9.17, 15) is 17.6 Å². The maximum Gasteiger partial charge on any atom is 0.261 e. The molecule has 0 aliphatic heterocycles. The highest BCUT2D eigenvalue weighted by Gasteiger charge is 2.20. The third-order valence-corrected chi connectivity index (χ3v) is 3.87. The molecule has 0 saturated heterocycles. The van der Waals surface area contributed by atoms with Gasteiger partial charge in [0.05, 0.1) is 11.5 Å². The molecule has 0 saturated carbocycles. The van der Waals surface area contributed by atoms with Gasteiger partial charge >= 0.3 is 0 Å². The maximum absolute atomic E-state index is 13.4. The monoisotopic (exact) mass is 309 g/mol. The van der Waals surface area contributed by atoms with Gasteiger partial charge in [0.25, 0.3) is 15.0 Å². The summed E-state index contributed by atoms with van der Waals surface area (Å²) in [4.78, 5) is 11.4. The molecule has 1 amide bonds. The lowest BCUT2D eigenvalue weighted by atomic mass is 10.1. The zero-order chi connectivity index (χ0) is 14.6. The first-order valence-electron chi connectivity index (χ1n) is 5.29. The van der Waals surface area contributed by atoms with Crippen LogP contribution in [0.4, 0.5) is 4.39 Å². The van der Waals surface area contributed by atoms with Crippen LogP contribution in [-0.4, -0.2) is 34.6 Å². The molecular weight excluding hydrogens is 297 g/mol. The Morgan fingerprint density at radius 2 is 2.11 bits per heavy atom. The molecule has 1 rings (SSSR count). The number of amides is 1. The molecule has 106 valence electrons. The van der Waals surface area contributed by atoms with Gasteiger partial charge in [-0.2, -0.15) is 0 Å². The summed E-state index contributed by atoms with van der Waals surface area (Å²) in [6, 6.07) is 1.74. The lowest BCUT2D eigenvalue weighted by molar-refractivity contribution is 0.0935. The number of nitrogens with one attached hydrogen (secondary N) is 1. The number of rotatable bonds is 5. The van der Waals surface area contributed by atoms with Crippen LogP contribution in [0.15, 0.2) is 17.0 Å². The van der Waals surface area contributed by atoms with Crippen molar-refractivity contribution in [3.05, 3.63) is 29.1 Å². The molecule has 1 aromatic carbocycles. The number of benzene rings is 1. The summed E-state index contributed by atoms with van der Waals surface area (Å²) in [5.74, 6) is -1.43. The first-order valence-corrected chi connectivity index (χ1v) is 7.60. The number of carbonyl (C=O) groups is 1. The van der Waals surface area contributed by atoms with E-state index in [1.807, 2.05) is 0 Å². The number of methoxy groups -OCH3 is 1. The smallest absolute Gasteiger partial charge is 0.261 e. The minimum atomic E-state index is -4.11. The van der Waals surface area contributed by atoms with Crippen molar-refractivity contribution < 1.29 is 22.3 Å². The van der Waals surface area contributed by atoms with Gasteiger partial charge < -0.3 is 10.1 Å². The van der Waals surface area contributed by atoms with E-state index >= 15 is 0 Å².